The van der Waals surface area contributed by atoms with Crippen LogP contribution in [0, 0.1) is 5.82 Å². The minimum absolute atomic E-state index is 0.303. The molecular formula is C13H11ClFN3S. The number of thiocarbonyl (C=S) groups is 1. The van der Waals surface area contributed by atoms with Gasteiger partial charge in [0, 0.05) is 12.7 Å². The lowest BCUT2D eigenvalue weighted by molar-refractivity contribution is 0.628. The molecule has 0 aliphatic heterocycles. The lowest BCUT2D eigenvalue weighted by atomic mass is 10.2. The number of aromatic nitrogens is 1. The van der Waals surface area contributed by atoms with Crippen molar-refractivity contribution in [1.82, 2.24) is 4.98 Å². The van der Waals surface area contributed by atoms with Crippen molar-refractivity contribution in [2.75, 3.05) is 17.7 Å². The van der Waals surface area contributed by atoms with E-state index in [0.717, 1.165) is 5.69 Å². The van der Waals surface area contributed by atoms with Gasteiger partial charge in [-0.05, 0) is 36.4 Å². The van der Waals surface area contributed by atoms with E-state index < -0.39 is 0 Å². The molecule has 1 aromatic carbocycles. The molecule has 0 saturated carbocycles. The van der Waals surface area contributed by atoms with Crippen LogP contribution in [-0.2, 0) is 0 Å². The van der Waals surface area contributed by atoms with Crippen LogP contribution in [0.15, 0.2) is 36.4 Å². The molecular weight excluding hydrogens is 285 g/mol. The first-order valence-corrected chi connectivity index (χ1v) is 6.23. The molecule has 0 atom stereocenters. The van der Waals surface area contributed by atoms with Gasteiger partial charge >= 0.3 is 0 Å². The average Bonchev–Trinajstić information content (AvgIpc) is 2.41. The van der Waals surface area contributed by atoms with Crippen LogP contribution >= 0.6 is 23.8 Å². The SMILES string of the molecule is CN(C(=S)c1nc(N)ccc1Cl)c1ccc(F)cc1. The van der Waals surface area contributed by atoms with Crippen molar-refractivity contribution in [3.8, 4) is 0 Å². The van der Waals surface area contributed by atoms with Crippen molar-refractivity contribution in [2.24, 2.45) is 0 Å². The van der Waals surface area contributed by atoms with E-state index in [-0.39, 0.29) is 5.82 Å². The smallest absolute Gasteiger partial charge is 0.133 e. The lowest BCUT2D eigenvalue weighted by Crippen LogP contribution is -2.26. The molecule has 0 aliphatic rings. The molecule has 0 saturated heterocycles. The molecule has 0 unspecified atom stereocenters. The highest BCUT2D eigenvalue weighted by molar-refractivity contribution is 7.81. The van der Waals surface area contributed by atoms with Gasteiger partial charge in [-0.25, -0.2) is 9.37 Å². The Morgan fingerprint density at radius 3 is 2.53 bits per heavy atom. The topological polar surface area (TPSA) is 42.2 Å². The molecule has 0 spiro atoms. The highest BCUT2D eigenvalue weighted by atomic mass is 35.5. The third-order valence-electron chi connectivity index (χ3n) is 2.59. The highest BCUT2D eigenvalue weighted by Crippen LogP contribution is 2.21. The molecule has 1 heterocycles. The van der Waals surface area contributed by atoms with E-state index in [4.69, 9.17) is 29.6 Å². The zero-order valence-corrected chi connectivity index (χ0v) is 11.7. The van der Waals surface area contributed by atoms with Crippen LogP contribution in [0.1, 0.15) is 5.69 Å². The Kier molecular flexibility index (Phi) is 3.97. The fraction of sp³-hybridized carbons (Fsp3) is 0.0769. The van der Waals surface area contributed by atoms with E-state index in [1.54, 1.807) is 36.2 Å². The summed E-state index contributed by atoms with van der Waals surface area (Å²) in [5.41, 5.74) is 6.80. The number of hydrogen-bond acceptors (Lipinski definition) is 3. The summed E-state index contributed by atoms with van der Waals surface area (Å²) in [5.74, 6) is 0.0393. The third-order valence-corrected chi connectivity index (χ3v) is 3.36. The first kappa shape index (κ1) is 13.7. The molecule has 0 bridgehead atoms. The number of benzene rings is 1. The summed E-state index contributed by atoms with van der Waals surface area (Å²) in [7, 11) is 1.76. The van der Waals surface area contributed by atoms with Gasteiger partial charge in [0.1, 0.15) is 22.3 Å². The van der Waals surface area contributed by atoms with Crippen molar-refractivity contribution in [1.29, 1.82) is 0 Å². The predicted molar refractivity (Wildman–Crippen MR) is 80.2 cm³/mol. The lowest BCUT2D eigenvalue weighted by Gasteiger charge is -2.20. The van der Waals surface area contributed by atoms with Gasteiger partial charge in [-0.2, -0.15) is 0 Å². The van der Waals surface area contributed by atoms with Gasteiger partial charge in [0.2, 0.25) is 0 Å². The van der Waals surface area contributed by atoms with E-state index in [2.05, 4.69) is 4.98 Å². The van der Waals surface area contributed by atoms with Crippen molar-refractivity contribution in [3.63, 3.8) is 0 Å². The van der Waals surface area contributed by atoms with E-state index in [9.17, 15) is 4.39 Å². The van der Waals surface area contributed by atoms with E-state index >= 15 is 0 Å². The standard InChI is InChI=1S/C13H11ClFN3S/c1-18(9-4-2-8(15)3-5-9)13(19)12-10(14)6-7-11(16)17-12/h2-7H,1H3,(H2,16,17). The Morgan fingerprint density at radius 2 is 1.89 bits per heavy atom. The Balaban J connectivity index is 2.33. The van der Waals surface area contributed by atoms with Crippen LogP contribution in [0.4, 0.5) is 15.9 Å². The molecule has 2 rings (SSSR count). The first-order chi connectivity index (χ1) is 8.99. The third kappa shape index (κ3) is 3.00. The zero-order valence-electron chi connectivity index (χ0n) is 10.1. The quantitative estimate of drug-likeness (QED) is 0.864. The predicted octanol–water partition coefficient (Wildman–Crippen LogP) is 3.27. The minimum atomic E-state index is -0.303. The fourth-order valence-corrected chi connectivity index (χ4v) is 2.06. The van der Waals surface area contributed by atoms with Crippen LogP contribution < -0.4 is 10.6 Å². The summed E-state index contributed by atoms with van der Waals surface area (Å²) < 4.78 is 12.9. The Labute approximate surface area is 120 Å². The molecule has 3 nitrogen and oxygen atoms in total. The first-order valence-electron chi connectivity index (χ1n) is 5.44. The molecule has 0 aliphatic carbocycles. The van der Waals surface area contributed by atoms with Gasteiger partial charge in [-0.3, -0.25) is 0 Å². The monoisotopic (exact) mass is 295 g/mol. The van der Waals surface area contributed by atoms with Gasteiger partial charge in [0.05, 0.1) is 5.02 Å². The number of nitrogens with zero attached hydrogens (tertiary/aromatic N) is 2. The second kappa shape index (κ2) is 5.50. The van der Waals surface area contributed by atoms with E-state index in [1.165, 1.54) is 12.1 Å². The largest absolute Gasteiger partial charge is 0.384 e. The molecule has 1 aromatic heterocycles. The number of nitrogens with two attached hydrogens (primary N) is 1. The fourth-order valence-electron chi connectivity index (χ4n) is 1.55. The van der Waals surface area contributed by atoms with Gasteiger partial charge in [0.25, 0.3) is 0 Å². The summed E-state index contributed by atoms with van der Waals surface area (Å²) in [6, 6.07) is 9.23. The van der Waals surface area contributed by atoms with Gasteiger partial charge in [-0.1, -0.05) is 23.8 Å². The number of halogens is 2. The molecule has 6 heteroatoms. The summed E-state index contributed by atoms with van der Waals surface area (Å²) in [5, 5.41) is 0.424. The van der Waals surface area contributed by atoms with Crippen LogP contribution in [0.25, 0.3) is 0 Å². The zero-order chi connectivity index (χ0) is 14.0. The number of pyridine rings is 1. The molecule has 98 valence electrons. The summed E-state index contributed by atoms with van der Waals surface area (Å²) in [4.78, 5) is 6.24. The Hall–Kier alpha value is -1.72. The van der Waals surface area contributed by atoms with Gasteiger partial charge < -0.3 is 10.6 Å². The molecule has 19 heavy (non-hydrogen) atoms. The number of rotatable bonds is 2. The molecule has 2 N–H and O–H groups in total. The maximum absolute atomic E-state index is 12.9. The number of nitrogen functional groups attached to an aromatic ring is 1. The van der Waals surface area contributed by atoms with Crippen LogP contribution in [-0.4, -0.2) is 17.0 Å². The summed E-state index contributed by atoms with van der Waals surface area (Å²) in [6.07, 6.45) is 0. The van der Waals surface area contributed by atoms with E-state index in [0.29, 0.717) is 21.5 Å². The van der Waals surface area contributed by atoms with Crippen LogP contribution in [0.3, 0.4) is 0 Å². The van der Waals surface area contributed by atoms with E-state index in [1.807, 2.05) is 0 Å². The van der Waals surface area contributed by atoms with Crippen molar-refractivity contribution in [3.05, 3.63) is 52.9 Å². The van der Waals surface area contributed by atoms with Gasteiger partial charge in [0.15, 0.2) is 0 Å². The number of anilines is 2. The Morgan fingerprint density at radius 1 is 1.26 bits per heavy atom. The Bertz CT molecular complexity index is 616. The van der Waals surface area contributed by atoms with Crippen molar-refractivity contribution >= 4 is 40.3 Å². The molecule has 0 amide bonds. The average molecular weight is 296 g/mol. The van der Waals surface area contributed by atoms with Crippen LogP contribution in [0.5, 0.6) is 0 Å². The second-order valence-electron chi connectivity index (χ2n) is 3.91. The highest BCUT2D eigenvalue weighted by Gasteiger charge is 2.14. The summed E-state index contributed by atoms with van der Waals surface area (Å²) in [6.45, 7) is 0. The molecule has 0 fully saturated rings. The molecule has 2 aromatic rings. The van der Waals surface area contributed by atoms with Crippen molar-refractivity contribution in [2.45, 2.75) is 0 Å². The van der Waals surface area contributed by atoms with Crippen molar-refractivity contribution < 1.29 is 4.39 Å². The van der Waals surface area contributed by atoms with Crippen LogP contribution in [0.2, 0.25) is 5.02 Å². The van der Waals surface area contributed by atoms with Gasteiger partial charge in [-0.15, -0.1) is 0 Å². The normalized spacial score (nSPS) is 10.3. The summed E-state index contributed by atoms with van der Waals surface area (Å²) >= 11 is 11.4. The number of hydrogen-bond donors (Lipinski definition) is 1. The maximum atomic E-state index is 12.9. The second-order valence-corrected chi connectivity index (χ2v) is 4.70. The minimum Gasteiger partial charge on any atom is -0.384 e. The molecule has 0 radical (unpaired) electrons. The maximum Gasteiger partial charge on any atom is 0.133 e.